The van der Waals surface area contributed by atoms with Crippen LogP contribution in [0.4, 0.5) is 11.6 Å². The molecular weight excluding hydrogens is 406 g/mol. The zero-order valence-electron chi connectivity index (χ0n) is 18.3. The number of aromatic nitrogens is 2. The van der Waals surface area contributed by atoms with E-state index in [4.69, 9.17) is 9.47 Å². The minimum atomic E-state index is -0.0165. The molecule has 1 saturated heterocycles. The van der Waals surface area contributed by atoms with Gasteiger partial charge >= 0.3 is 0 Å². The number of amides is 1. The molecule has 4 rings (SSSR count). The van der Waals surface area contributed by atoms with Crippen molar-refractivity contribution in [2.45, 2.75) is 6.54 Å². The van der Waals surface area contributed by atoms with E-state index in [0.717, 1.165) is 11.6 Å². The van der Waals surface area contributed by atoms with E-state index in [-0.39, 0.29) is 5.91 Å². The minimum Gasteiger partial charge on any atom is -0.493 e. The molecule has 0 saturated carbocycles. The van der Waals surface area contributed by atoms with Crippen LogP contribution in [0.1, 0.15) is 15.9 Å². The second-order valence-electron chi connectivity index (χ2n) is 7.46. The van der Waals surface area contributed by atoms with Crippen LogP contribution < -0.4 is 19.7 Å². The molecule has 0 radical (unpaired) electrons. The third-order valence-corrected chi connectivity index (χ3v) is 5.49. The smallest absolute Gasteiger partial charge is 0.254 e. The van der Waals surface area contributed by atoms with E-state index in [1.165, 1.54) is 5.56 Å². The molecule has 1 fully saturated rings. The van der Waals surface area contributed by atoms with Crippen molar-refractivity contribution >= 4 is 17.5 Å². The minimum absolute atomic E-state index is 0.0165. The van der Waals surface area contributed by atoms with E-state index in [1.54, 1.807) is 32.4 Å². The number of methoxy groups -OCH3 is 2. The number of ether oxygens (including phenoxy) is 2. The molecule has 1 amide bonds. The van der Waals surface area contributed by atoms with E-state index in [9.17, 15) is 4.79 Å². The summed E-state index contributed by atoms with van der Waals surface area (Å²) in [5.74, 6) is 2.69. The molecule has 32 heavy (non-hydrogen) atoms. The molecule has 1 aromatic heterocycles. The van der Waals surface area contributed by atoms with Gasteiger partial charge in [0.05, 0.1) is 14.2 Å². The Kier molecular flexibility index (Phi) is 6.69. The first-order chi connectivity index (χ1) is 15.7. The van der Waals surface area contributed by atoms with Crippen molar-refractivity contribution in [1.82, 2.24) is 15.1 Å². The summed E-state index contributed by atoms with van der Waals surface area (Å²) in [6.45, 7) is 3.33. The number of carbonyl (C=O) groups excluding carboxylic acids is 1. The van der Waals surface area contributed by atoms with E-state index >= 15 is 0 Å². The lowest BCUT2D eigenvalue weighted by atomic mass is 10.1. The molecule has 0 aliphatic carbocycles. The standard InChI is InChI=1S/C24H27N5O3/c1-31-20-9-8-19(16-21(20)32-2)24(30)29-14-12-28(13-15-29)23-11-10-22(26-27-23)25-17-18-6-4-3-5-7-18/h3-11,16H,12-15,17H2,1-2H3,(H,25,26). The summed E-state index contributed by atoms with van der Waals surface area (Å²) in [4.78, 5) is 16.9. The number of nitrogens with one attached hydrogen (secondary N) is 1. The number of anilines is 2. The number of rotatable bonds is 7. The lowest BCUT2D eigenvalue weighted by Gasteiger charge is -2.35. The van der Waals surface area contributed by atoms with Crippen LogP contribution in [-0.4, -0.2) is 61.4 Å². The van der Waals surface area contributed by atoms with E-state index in [0.29, 0.717) is 49.8 Å². The molecule has 8 nitrogen and oxygen atoms in total. The van der Waals surface area contributed by atoms with Gasteiger partial charge in [-0.05, 0) is 35.9 Å². The van der Waals surface area contributed by atoms with Crippen LogP contribution in [0.3, 0.4) is 0 Å². The molecule has 0 unspecified atom stereocenters. The van der Waals surface area contributed by atoms with Gasteiger partial charge in [0.15, 0.2) is 17.3 Å². The van der Waals surface area contributed by atoms with Crippen LogP contribution in [0.2, 0.25) is 0 Å². The van der Waals surface area contributed by atoms with Crippen LogP contribution in [0.5, 0.6) is 11.5 Å². The van der Waals surface area contributed by atoms with Crippen LogP contribution in [0, 0.1) is 0 Å². The normalized spacial score (nSPS) is 13.6. The van der Waals surface area contributed by atoms with Gasteiger partial charge in [-0.2, -0.15) is 0 Å². The summed E-state index contributed by atoms with van der Waals surface area (Å²) >= 11 is 0. The SMILES string of the molecule is COc1ccc(C(=O)N2CCN(c3ccc(NCc4ccccc4)nn3)CC2)cc1OC. The van der Waals surface area contributed by atoms with Crippen molar-refractivity contribution in [3.05, 3.63) is 71.8 Å². The second-order valence-corrected chi connectivity index (χ2v) is 7.46. The van der Waals surface area contributed by atoms with Gasteiger partial charge in [0.1, 0.15) is 5.82 Å². The number of piperazine rings is 1. The predicted octanol–water partition coefficient (Wildman–Crippen LogP) is 3.07. The molecule has 0 spiro atoms. The summed E-state index contributed by atoms with van der Waals surface area (Å²) in [5, 5.41) is 11.9. The molecule has 166 valence electrons. The van der Waals surface area contributed by atoms with E-state index < -0.39 is 0 Å². The van der Waals surface area contributed by atoms with Crippen molar-refractivity contribution in [3.8, 4) is 11.5 Å². The van der Waals surface area contributed by atoms with E-state index in [1.807, 2.05) is 35.2 Å². The Morgan fingerprint density at radius 3 is 2.31 bits per heavy atom. The number of hydrogen-bond acceptors (Lipinski definition) is 7. The van der Waals surface area contributed by atoms with Gasteiger partial charge in [0, 0.05) is 38.3 Å². The number of carbonyl (C=O) groups is 1. The van der Waals surface area contributed by atoms with Crippen molar-refractivity contribution in [2.24, 2.45) is 0 Å². The largest absolute Gasteiger partial charge is 0.493 e. The van der Waals surface area contributed by atoms with Gasteiger partial charge in [0.2, 0.25) is 0 Å². The first kappa shape index (κ1) is 21.4. The summed E-state index contributed by atoms with van der Waals surface area (Å²) in [6.07, 6.45) is 0. The van der Waals surface area contributed by atoms with Gasteiger partial charge in [-0.1, -0.05) is 30.3 Å². The summed E-state index contributed by atoms with van der Waals surface area (Å²) in [6, 6.07) is 19.3. The molecule has 0 bridgehead atoms. The Morgan fingerprint density at radius 2 is 1.66 bits per heavy atom. The number of nitrogens with zero attached hydrogens (tertiary/aromatic N) is 4. The highest BCUT2D eigenvalue weighted by atomic mass is 16.5. The highest BCUT2D eigenvalue weighted by Gasteiger charge is 2.24. The first-order valence-electron chi connectivity index (χ1n) is 10.6. The van der Waals surface area contributed by atoms with Crippen molar-refractivity contribution in [1.29, 1.82) is 0 Å². The highest BCUT2D eigenvalue weighted by molar-refractivity contribution is 5.95. The Bertz CT molecular complexity index is 1040. The maximum Gasteiger partial charge on any atom is 0.254 e. The highest BCUT2D eigenvalue weighted by Crippen LogP contribution is 2.28. The van der Waals surface area contributed by atoms with Crippen molar-refractivity contribution < 1.29 is 14.3 Å². The zero-order valence-corrected chi connectivity index (χ0v) is 18.3. The molecule has 3 aromatic rings. The van der Waals surface area contributed by atoms with E-state index in [2.05, 4.69) is 32.5 Å². The fourth-order valence-electron chi connectivity index (χ4n) is 3.67. The molecule has 2 aromatic carbocycles. The summed E-state index contributed by atoms with van der Waals surface area (Å²) in [5.41, 5.74) is 1.78. The number of benzene rings is 2. The van der Waals surface area contributed by atoms with Crippen molar-refractivity contribution in [3.63, 3.8) is 0 Å². The molecule has 1 aliphatic heterocycles. The predicted molar refractivity (Wildman–Crippen MR) is 123 cm³/mol. The lowest BCUT2D eigenvalue weighted by molar-refractivity contribution is 0.0746. The molecule has 1 aliphatic rings. The van der Waals surface area contributed by atoms with Crippen LogP contribution in [-0.2, 0) is 6.54 Å². The monoisotopic (exact) mass is 433 g/mol. The average Bonchev–Trinajstić information content (AvgIpc) is 2.87. The third-order valence-electron chi connectivity index (χ3n) is 5.49. The Labute approximate surface area is 187 Å². The Balaban J connectivity index is 1.32. The molecular formula is C24H27N5O3. The fourth-order valence-corrected chi connectivity index (χ4v) is 3.67. The second kappa shape index (κ2) is 10.00. The average molecular weight is 434 g/mol. The molecule has 8 heteroatoms. The van der Waals surface area contributed by atoms with Gasteiger partial charge in [-0.3, -0.25) is 4.79 Å². The molecule has 1 N–H and O–H groups in total. The van der Waals surface area contributed by atoms with Crippen LogP contribution >= 0.6 is 0 Å². The maximum atomic E-state index is 12.9. The van der Waals surface area contributed by atoms with Crippen LogP contribution in [0.15, 0.2) is 60.7 Å². The van der Waals surface area contributed by atoms with Crippen LogP contribution in [0.25, 0.3) is 0 Å². The maximum absolute atomic E-state index is 12.9. The molecule has 2 heterocycles. The summed E-state index contributed by atoms with van der Waals surface area (Å²) < 4.78 is 10.6. The lowest BCUT2D eigenvalue weighted by Crippen LogP contribution is -2.49. The Morgan fingerprint density at radius 1 is 0.906 bits per heavy atom. The fraction of sp³-hybridized carbons (Fsp3) is 0.292. The number of hydrogen-bond donors (Lipinski definition) is 1. The Hall–Kier alpha value is -3.81. The summed E-state index contributed by atoms with van der Waals surface area (Å²) in [7, 11) is 3.14. The van der Waals surface area contributed by atoms with Gasteiger partial charge in [-0.25, -0.2) is 0 Å². The van der Waals surface area contributed by atoms with Gasteiger partial charge < -0.3 is 24.6 Å². The topological polar surface area (TPSA) is 79.8 Å². The zero-order chi connectivity index (χ0) is 22.3. The van der Waals surface area contributed by atoms with Gasteiger partial charge in [0.25, 0.3) is 5.91 Å². The first-order valence-corrected chi connectivity index (χ1v) is 10.6. The quantitative estimate of drug-likeness (QED) is 0.613. The molecule has 0 atom stereocenters. The van der Waals surface area contributed by atoms with Crippen molar-refractivity contribution in [2.75, 3.05) is 50.6 Å². The third kappa shape index (κ3) is 4.91. The van der Waals surface area contributed by atoms with Gasteiger partial charge in [-0.15, -0.1) is 10.2 Å².